The molecule has 0 saturated heterocycles. The first-order chi connectivity index (χ1) is 8.99. The van der Waals surface area contributed by atoms with Gasteiger partial charge in [0.05, 0.1) is 20.5 Å². The molecule has 0 saturated carbocycles. The number of furan rings is 1. The average molecular weight is 408 g/mol. The molecule has 0 aliphatic heterocycles. The molecule has 0 unspecified atom stereocenters. The van der Waals surface area contributed by atoms with Crippen LogP contribution in [-0.2, 0) is 0 Å². The van der Waals surface area contributed by atoms with E-state index >= 15 is 0 Å². The number of hydrazine groups is 1. The van der Waals surface area contributed by atoms with Crippen LogP contribution in [0.25, 0.3) is 0 Å². The molecule has 2 aromatic heterocycles. The summed E-state index contributed by atoms with van der Waals surface area (Å²) in [7, 11) is 0. The Bertz CT molecular complexity index is 616. The second-order valence-electron chi connectivity index (χ2n) is 3.53. The van der Waals surface area contributed by atoms with Crippen molar-refractivity contribution in [2.24, 2.45) is 0 Å². The Morgan fingerprint density at radius 3 is 2.47 bits per heavy atom. The van der Waals surface area contributed by atoms with Gasteiger partial charge in [-0.3, -0.25) is 20.4 Å². The highest BCUT2D eigenvalue weighted by molar-refractivity contribution is 9.13. The summed E-state index contributed by atoms with van der Waals surface area (Å²) < 4.78 is 6.62. The van der Waals surface area contributed by atoms with Crippen LogP contribution in [0.3, 0.4) is 0 Å². The predicted molar refractivity (Wildman–Crippen MR) is 78.1 cm³/mol. The Labute approximate surface area is 129 Å². The standard InChI is InChI=1S/C11H8Br2N2O3S/c1-5-6(2-3-18-5)10(16)14-15-11(17)8-4-7(12)9(13)19-8/h2-4H,1H3,(H,14,16)(H,15,17). The maximum atomic E-state index is 11.8. The Kier molecular flexibility index (Phi) is 4.43. The molecule has 0 aromatic carbocycles. The summed E-state index contributed by atoms with van der Waals surface area (Å²) >= 11 is 7.85. The van der Waals surface area contributed by atoms with Crippen molar-refractivity contribution < 1.29 is 14.0 Å². The van der Waals surface area contributed by atoms with Crippen molar-refractivity contribution >= 4 is 55.0 Å². The van der Waals surface area contributed by atoms with Gasteiger partial charge in [-0.2, -0.15) is 0 Å². The van der Waals surface area contributed by atoms with E-state index in [9.17, 15) is 9.59 Å². The van der Waals surface area contributed by atoms with Crippen molar-refractivity contribution in [3.63, 3.8) is 0 Å². The highest BCUT2D eigenvalue weighted by atomic mass is 79.9. The van der Waals surface area contributed by atoms with Crippen LogP contribution in [0, 0.1) is 6.92 Å². The molecule has 2 rings (SSSR count). The zero-order valence-electron chi connectivity index (χ0n) is 9.62. The van der Waals surface area contributed by atoms with Crippen LogP contribution in [0.2, 0.25) is 0 Å². The van der Waals surface area contributed by atoms with E-state index in [1.54, 1.807) is 13.0 Å². The van der Waals surface area contributed by atoms with Gasteiger partial charge in [-0.25, -0.2) is 0 Å². The fourth-order valence-corrected chi connectivity index (χ4v) is 3.25. The second-order valence-corrected chi connectivity index (χ2v) is 6.76. The Balaban J connectivity index is 1.98. The van der Waals surface area contributed by atoms with E-state index < -0.39 is 5.91 Å². The number of thiophene rings is 1. The lowest BCUT2D eigenvalue weighted by molar-refractivity contribution is 0.0848. The Morgan fingerprint density at radius 2 is 1.95 bits per heavy atom. The topological polar surface area (TPSA) is 71.3 Å². The number of amides is 2. The molecule has 0 spiro atoms. The molecule has 2 N–H and O–H groups in total. The van der Waals surface area contributed by atoms with Gasteiger partial charge in [-0.05, 0) is 50.9 Å². The number of rotatable bonds is 2. The third kappa shape index (κ3) is 3.26. The van der Waals surface area contributed by atoms with E-state index in [0.29, 0.717) is 16.2 Å². The lowest BCUT2D eigenvalue weighted by Crippen LogP contribution is -2.41. The number of hydrogen-bond acceptors (Lipinski definition) is 4. The maximum absolute atomic E-state index is 11.8. The molecule has 2 amide bonds. The third-order valence-electron chi connectivity index (χ3n) is 2.26. The van der Waals surface area contributed by atoms with Gasteiger partial charge in [-0.1, -0.05) is 0 Å². The normalized spacial score (nSPS) is 10.3. The smallest absolute Gasteiger partial charge is 0.279 e. The van der Waals surface area contributed by atoms with Crippen LogP contribution in [0.5, 0.6) is 0 Å². The number of carbonyl (C=O) groups is 2. The van der Waals surface area contributed by atoms with E-state index in [2.05, 4.69) is 42.7 Å². The van der Waals surface area contributed by atoms with Gasteiger partial charge in [0.25, 0.3) is 11.8 Å². The number of nitrogens with one attached hydrogen (secondary N) is 2. The van der Waals surface area contributed by atoms with E-state index in [0.717, 1.165) is 8.26 Å². The zero-order chi connectivity index (χ0) is 14.0. The van der Waals surface area contributed by atoms with Crippen LogP contribution in [0.4, 0.5) is 0 Å². The van der Waals surface area contributed by atoms with E-state index in [-0.39, 0.29) is 5.91 Å². The highest BCUT2D eigenvalue weighted by Crippen LogP contribution is 2.32. The maximum Gasteiger partial charge on any atom is 0.279 e. The third-order valence-corrected chi connectivity index (χ3v) is 5.52. The molecule has 0 aliphatic carbocycles. The van der Waals surface area contributed by atoms with E-state index in [4.69, 9.17) is 4.42 Å². The molecule has 0 bridgehead atoms. The molecule has 0 fully saturated rings. The number of aryl methyl sites for hydroxylation is 1. The molecule has 0 radical (unpaired) electrons. The van der Waals surface area contributed by atoms with Crippen molar-refractivity contribution in [3.8, 4) is 0 Å². The van der Waals surface area contributed by atoms with Crippen LogP contribution < -0.4 is 10.9 Å². The fraction of sp³-hybridized carbons (Fsp3) is 0.0909. The molecular weight excluding hydrogens is 400 g/mol. The Morgan fingerprint density at radius 1 is 1.26 bits per heavy atom. The van der Waals surface area contributed by atoms with Gasteiger partial charge in [0, 0.05) is 4.47 Å². The molecule has 0 aliphatic rings. The average Bonchev–Trinajstić information content (AvgIpc) is 2.93. The first-order valence-corrected chi connectivity index (χ1v) is 7.49. The fourth-order valence-electron chi connectivity index (χ4n) is 1.32. The lowest BCUT2D eigenvalue weighted by atomic mass is 10.2. The largest absolute Gasteiger partial charge is 0.469 e. The van der Waals surface area contributed by atoms with Gasteiger partial charge in [0.1, 0.15) is 5.76 Å². The number of hydrogen-bond donors (Lipinski definition) is 2. The van der Waals surface area contributed by atoms with E-state index in [1.807, 2.05) is 0 Å². The number of carbonyl (C=O) groups excluding carboxylic acids is 2. The molecule has 100 valence electrons. The van der Waals surface area contributed by atoms with Crippen LogP contribution >= 0.6 is 43.2 Å². The predicted octanol–water partition coefficient (Wildman–Crippen LogP) is 3.25. The summed E-state index contributed by atoms with van der Waals surface area (Å²) in [6, 6.07) is 3.20. The van der Waals surface area contributed by atoms with Crippen molar-refractivity contribution in [2.45, 2.75) is 6.92 Å². The van der Waals surface area contributed by atoms with Crippen LogP contribution in [-0.4, -0.2) is 11.8 Å². The summed E-state index contributed by atoms with van der Waals surface area (Å²) in [5, 5.41) is 0. The minimum Gasteiger partial charge on any atom is -0.469 e. The summed E-state index contributed by atoms with van der Waals surface area (Å²) in [4.78, 5) is 24.0. The van der Waals surface area contributed by atoms with Gasteiger partial charge >= 0.3 is 0 Å². The number of halogens is 2. The van der Waals surface area contributed by atoms with Gasteiger partial charge < -0.3 is 4.42 Å². The summed E-state index contributed by atoms with van der Waals surface area (Å²) in [5.74, 6) is -0.312. The molecule has 0 atom stereocenters. The van der Waals surface area contributed by atoms with Crippen molar-refractivity contribution in [1.29, 1.82) is 0 Å². The molecule has 2 heterocycles. The summed E-state index contributed by atoms with van der Waals surface area (Å²) in [5.41, 5.74) is 5.06. The monoisotopic (exact) mass is 406 g/mol. The van der Waals surface area contributed by atoms with Crippen molar-refractivity contribution in [3.05, 3.63) is 42.9 Å². The second kappa shape index (κ2) is 5.89. The molecule has 19 heavy (non-hydrogen) atoms. The molecule has 8 heteroatoms. The van der Waals surface area contributed by atoms with E-state index in [1.165, 1.54) is 23.7 Å². The van der Waals surface area contributed by atoms with Crippen molar-refractivity contribution in [2.75, 3.05) is 0 Å². The molecule has 2 aromatic rings. The zero-order valence-corrected chi connectivity index (χ0v) is 13.6. The van der Waals surface area contributed by atoms with Crippen LogP contribution in [0.1, 0.15) is 25.8 Å². The lowest BCUT2D eigenvalue weighted by Gasteiger charge is -2.05. The van der Waals surface area contributed by atoms with Crippen molar-refractivity contribution in [1.82, 2.24) is 10.9 Å². The first-order valence-electron chi connectivity index (χ1n) is 5.08. The minimum atomic E-state index is -0.422. The first kappa shape index (κ1) is 14.3. The molecule has 5 nitrogen and oxygen atoms in total. The van der Waals surface area contributed by atoms with Crippen LogP contribution in [0.15, 0.2) is 31.1 Å². The van der Waals surface area contributed by atoms with Gasteiger partial charge in [-0.15, -0.1) is 11.3 Å². The van der Waals surface area contributed by atoms with Gasteiger partial charge in [0.2, 0.25) is 0 Å². The SMILES string of the molecule is Cc1occc1C(=O)NNC(=O)c1cc(Br)c(Br)s1. The summed E-state index contributed by atoms with van der Waals surface area (Å²) in [6.45, 7) is 1.67. The molecular formula is C11H8Br2N2O3S. The summed E-state index contributed by atoms with van der Waals surface area (Å²) in [6.07, 6.45) is 1.42. The highest BCUT2D eigenvalue weighted by Gasteiger charge is 2.15. The Hall–Kier alpha value is -1.12. The van der Waals surface area contributed by atoms with Gasteiger partial charge in [0.15, 0.2) is 0 Å². The minimum absolute atomic E-state index is 0.383. The quantitative estimate of drug-likeness (QED) is 0.750.